The summed E-state index contributed by atoms with van der Waals surface area (Å²) in [6.07, 6.45) is 0.397. The van der Waals surface area contributed by atoms with E-state index in [9.17, 15) is 18.7 Å². The van der Waals surface area contributed by atoms with E-state index < -0.39 is 11.6 Å². The van der Waals surface area contributed by atoms with Crippen LogP contribution in [0.4, 0.5) is 14.5 Å². The summed E-state index contributed by atoms with van der Waals surface area (Å²) in [6, 6.07) is 11.0. The maximum Gasteiger partial charge on any atom is 0.226 e. The highest BCUT2D eigenvalue weighted by atomic mass is 19.1. The van der Waals surface area contributed by atoms with Gasteiger partial charge in [-0.3, -0.25) is 9.69 Å². The van der Waals surface area contributed by atoms with Crippen molar-refractivity contribution in [2.45, 2.75) is 37.9 Å². The molecule has 2 aromatic rings. The van der Waals surface area contributed by atoms with E-state index in [1.54, 1.807) is 4.90 Å². The molecule has 2 aliphatic rings. The second-order valence-electron chi connectivity index (χ2n) is 7.17. The van der Waals surface area contributed by atoms with Crippen LogP contribution in [0.1, 0.15) is 30.4 Å². The third-order valence-corrected chi connectivity index (χ3v) is 5.79. The SMILES string of the molecule is CCC(=O)N1C[C@@H]2[C@H](c3ccccc31)[C@@H](CO)N2Cc1cc(F)ccc1F. The number of aliphatic hydroxyl groups is 1. The number of carbonyl (C=O) groups excluding carboxylic acids is 1. The molecule has 6 heteroatoms. The van der Waals surface area contributed by atoms with Crippen molar-refractivity contribution in [1.29, 1.82) is 0 Å². The number of anilines is 1. The zero-order valence-corrected chi connectivity index (χ0v) is 15.1. The lowest BCUT2D eigenvalue weighted by Gasteiger charge is -2.59. The average Bonchev–Trinajstić information content (AvgIpc) is 2.68. The smallest absolute Gasteiger partial charge is 0.226 e. The first-order valence-corrected chi connectivity index (χ1v) is 9.25. The molecule has 2 aromatic carbocycles. The van der Waals surface area contributed by atoms with Crippen molar-refractivity contribution in [3.8, 4) is 0 Å². The molecule has 4 nitrogen and oxygen atoms in total. The lowest BCUT2D eigenvalue weighted by Crippen LogP contribution is -2.68. The summed E-state index contributed by atoms with van der Waals surface area (Å²) < 4.78 is 27.7. The fourth-order valence-electron chi connectivity index (χ4n) is 4.49. The number of halogens is 2. The molecule has 2 heterocycles. The number of fused-ring (bicyclic) bond motifs is 3. The van der Waals surface area contributed by atoms with Crippen LogP contribution < -0.4 is 4.90 Å². The van der Waals surface area contributed by atoms with E-state index in [0.29, 0.717) is 13.0 Å². The number of aliphatic hydroxyl groups excluding tert-OH is 1. The number of likely N-dealkylation sites (tertiary alicyclic amines) is 1. The van der Waals surface area contributed by atoms with Gasteiger partial charge in [-0.15, -0.1) is 0 Å². The van der Waals surface area contributed by atoms with Gasteiger partial charge in [0, 0.05) is 48.8 Å². The summed E-state index contributed by atoms with van der Waals surface area (Å²) in [4.78, 5) is 16.2. The summed E-state index contributed by atoms with van der Waals surface area (Å²) in [7, 11) is 0. The molecule has 0 spiro atoms. The number of hydrogen-bond acceptors (Lipinski definition) is 3. The van der Waals surface area contributed by atoms with E-state index in [1.165, 1.54) is 6.07 Å². The van der Waals surface area contributed by atoms with Crippen LogP contribution in [-0.2, 0) is 11.3 Å². The Hall–Kier alpha value is -2.31. The van der Waals surface area contributed by atoms with Crippen molar-refractivity contribution in [2.75, 3.05) is 18.1 Å². The third-order valence-electron chi connectivity index (χ3n) is 5.79. The van der Waals surface area contributed by atoms with E-state index in [2.05, 4.69) is 0 Å². The molecule has 3 atom stereocenters. The van der Waals surface area contributed by atoms with Gasteiger partial charge in [-0.1, -0.05) is 25.1 Å². The van der Waals surface area contributed by atoms with Gasteiger partial charge in [0.1, 0.15) is 11.6 Å². The summed E-state index contributed by atoms with van der Waals surface area (Å²) in [5.41, 5.74) is 2.19. The second kappa shape index (κ2) is 7.02. The minimum Gasteiger partial charge on any atom is -0.395 e. The normalized spacial score (nSPS) is 24.1. The zero-order valence-electron chi connectivity index (χ0n) is 15.1. The van der Waals surface area contributed by atoms with E-state index in [0.717, 1.165) is 23.4 Å². The molecule has 2 aliphatic heterocycles. The van der Waals surface area contributed by atoms with Gasteiger partial charge in [0.05, 0.1) is 6.61 Å². The molecule has 0 saturated carbocycles. The molecular weight excluding hydrogens is 350 g/mol. The highest BCUT2D eigenvalue weighted by Crippen LogP contribution is 2.48. The van der Waals surface area contributed by atoms with Crippen LogP contribution >= 0.6 is 0 Å². The quantitative estimate of drug-likeness (QED) is 0.897. The van der Waals surface area contributed by atoms with Gasteiger partial charge in [-0.2, -0.15) is 0 Å². The molecule has 0 unspecified atom stereocenters. The maximum absolute atomic E-state index is 14.1. The van der Waals surface area contributed by atoms with Crippen molar-refractivity contribution in [1.82, 2.24) is 4.90 Å². The molecule has 1 amide bonds. The summed E-state index contributed by atoms with van der Waals surface area (Å²) in [5, 5.41) is 9.95. The predicted octanol–water partition coefficient (Wildman–Crippen LogP) is 3.05. The Kier molecular flexibility index (Phi) is 4.70. The van der Waals surface area contributed by atoms with Crippen molar-refractivity contribution in [3.63, 3.8) is 0 Å². The molecule has 0 aliphatic carbocycles. The third kappa shape index (κ3) is 2.93. The van der Waals surface area contributed by atoms with Crippen molar-refractivity contribution in [3.05, 3.63) is 65.2 Å². The number of carbonyl (C=O) groups is 1. The zero-order chi connectivity index (χ0) is 19.1. The average molecular weight is 372 g/mol. The minimum absolute atomic E-state index is 0.0322. The molecule has 1 N–H and O–H groups in total. The van der Waals surface area contributed by atoms with Gasteiger partial charge < -0.3 is 10.0 Å². The van der Waals surface area contributed by atoms with Crippen LogP contribution in [0.2, 0.25) is 0 Å². The van der Waals surface area contributed by atoms with Crippen LogP contribution in [0.15, 0.2) is 42.5 Å². The number of nitrogens with zero attached hydrogens (tertiary/aromatic N) is 2. The van der Waals surface area contributed by atoms with Gasteiger partial charge in [-0.05, 0) is 29.8 Å². The van der Waals surface area contributed by atoms with E-state index in [1.807, 2.05) is 36.1 Å². The van der Waals surface area contributed by atoms with E-state index >= 15 is 0 Å². The van der Waals surface area contributed by atoms with Crippen LogP contribution in [0, 0.1) is 11.6 Å². The summed E-state index contributed by atoms with van der Waals surface area (Å²) in [6.45, 7) is 2.44. The largest absolute Gasteiger partial charge is 0.395 e. The van der Waals surface area contributed by atoms with Crippen LogP contribution in [0.25, 0.3) is 0 Å². The Morgan fingerprint density at radius 3 is 2.74 bits per heavy atom. The lowest BCUT2D eigenvalue weighted by atomic mass is 9.71. The number of para-hydroxylation sites is 1. The fourth-order valence-corrected chi connectivity index (χ4v) is 4.49. The predicted molar refractivity (Wildman–Crippen MR) is 98.4 cm³/mol. The van der Waals surface area contributed by atoms with Gasteiger partial charge in [0.2, 0.25) is 5.91 Å². The molecule has 0 radical (unpaired) electrons. The number of rotatable bonds is 4. The molecule has 0 aromatic heterocycles. The molecular formula is C21H22F2N2O2. The van der Waals surface area contributed by atoms with Crippen molar-refractivity contribution in [2.24, 2.45) is 0 Å². The topological polar surface area (TPSA) is 43.8 Å². The molecule has 4 rings (SSSR count). The standard InChI is InChI=1S/C21H22F2N2O2/c1-2-20(27)25-11-18-21(15-5-3-4-6-17(15)25)19(12-26)24(18)10-13-9-14(22)7-8-16(13)23/h3-9,18-19,21,26H,2,10-12H2,1H3/t18-,19-,21+/m1/s1. The summed E-state index contributed by atoms with van der Waals surface area (Å²) >= 11 is 0. The van der Waals surface area contributed by atoms with Crippen molar-refractivity contribution >= 4 is 11.6 Å². The lowest BCUT2D eigenvalue weighted by molar-refractivity contribution is -0.119. The Balaban J connectivity index is 1.68. The monoisotopic (exact) mass is 372 g/mol. The number of benzene rings is 2. The van der Waals surface area contributed by atoms with E-state index in [4.69, 9.17) is 0 Å². The molecule has 1 fully saturated rings. The van der Waals surface area contributed by atoms with Gasteiger partial charge in [0.25, 0.3) is 0 Å². The van der Waals surface area contributed by atoms with Crippen LogP contribution in [-0.4, -0.2) is 41.1 Å². The first-order valence-electron chi connectivity index (χ1n) is 9.25. The highest BCUT2D eigenvalue weighted by molar-refractivity contribution is 5.95. The fraction of sp³-hybridized carbons (Fsp3) is 0.381. The highest BCUT2D eigenvalue weighted by Gasteiger charge is 2.53. The Morgan fingerprint density at radius 2 is 2.00 bits per heavy atom. The van der Waals surface area contributed by atoms with Crippen molar-refractivity contribution < 1.29 is 18.7 Å². The van der Waals surface area contributed by atoms with Crippen LogP contribution in [0.5, 0.6) is 0 Å². The minimum atomic E-state index is -0.485. The number of hydrogen-bond donors (Lipinski definition) is 1. The summed E-state index contributed by atoms with van der Waals surface area (Å²) in [5.74, 6) is -0.844. The van der Waals surface area contributed by atoms with Crippen LogP contribution in [0.3, 0.4) is 0 Å². The van der Waals surface area contributed by atoms with Gasteiger partial charge in [0.15, 0.2) is 0 Å². The Morgan fingerprint density at radius 1 is 1.22 bits per heavy atom. The molecule has 142 valence electrons. The van der Waals surface area contributed by atoms with Gasteiger partial charge >= 0.3 is 0 Å². The van der Waals surface area contributed by atoms with E-state index in [-0.39, 0.29) is 42.6 Å². The Bertz CT molecular complexity index is 873. The second-order valence-corrected chi connectivity index (χ2v) is 7.17. The molecule has 27 heavy (non-hydrogen) atoms. The van der Waals surface area contributed by atoms with Gasteiger partial charge in [-0.25, -0.2) is 8.78 Å². The first kappa shape index (κ1) is 18.1. The number of amides is 1. The first-order chi connectivity index (χ1) is 13.0. The molecule has 0 bridgehead atoms. The Labute approximate surface area is 157 Å². The molecule has 1 saturated heterocycles. The maximum atomic E-state index is 14.1.